The maximum Gasteiger partial charge on any atom is 0.226 e. The van der Waals surface area contributed by atoms with Gasteiger partial charge in [-0.2, -0.15) is 4.98 Å². The zero-order valence-electron chi connectivity index (χ0n) is 14.6. The standard InChI is InChI=1S/C22H16ClN3O/c1-13-11-12-17-19(15-9-5-6-10-16(15)27-17)18(13)21-24-20(25-22(23)26-21)14-7-3-2-4-8-14/h2-13,18H,1H3. The van der Waals surface area contributed by atoms with Crippen LogP contribution in [0.25, 0.3) is 28.4 Å². The van der Waals surface area contributed by atoms with E-state index >= 15 is 0 Å². The van der Waals surface area contributed by atoms with E-state index < -0.39 is 0 Å². The van der Waals surface area contributed by atoms with Crippen LogP contribution in [0.3, 0.4) is 0 Å². The Kier molecular flexibility index (Phi) is 3.80. The molecule has 4 aromatic rings. The molecule has 0 aliphatic heterocycles. The minimum absolute atomic E-state index is 0.0448. The molecule has 1 aliphatic rings. The first-order valence-corrected chi connectivity index (χ1v) is 9.25. The van der Waals surface area contributed by atoms with Crippen LogP contribution in [0.2, 0.25) is 5.28 Å². The van der Waals surface area contributed by atoms with E-state index in [4.69, 9.17) is 21.0 Å². The van der Waals surface area contributed by atoms with Crippen LogP contribution in [0.1, 0.15) is 30.0 Å². The van der Waals surface area contributed by atoms with E-state index in [1.165, 1.54) is 0 Å². The third kappa shape index (κ3) is 2.73. The van der Waals surface area contributed by atoms with Gasteiger partial charge in [-0.1, -0.05) is 61.5 Å². The first kappa shape index (κ1) is 16.2. The van der Waals surface area contributed by atoms with Crippen LogP contribution < -0.4 is 0 Å². The highest BCUT2D eigenvalue weighted by molar-refractivity contribution is 6.28. The van der Waals surface area contributed by atoms with E-state index in [-0.39, 0.29) is 17.1 Å². The third-order valence-electron chi connectivity index (χ3n) is 4.99. The maximum atomic E-state index is 6.28. The Hall–Kier alpha value is -2.98. The number of para-hydroxylation sites is 1. The van der Waals surface area contributed by atoms with Crippen molar-refractivity contribution in [2.45, 2.75) is 12.8 Å². The highest BCUT2D eigenvalue weighted by atomic mass is 35.5. The van der Waals surface area contributed by atoms with Crippen LogP contribution in [-0.2, 0) is 0 Å². The molecule has 0 amide bonds. The fourth-order valence-electron chi connectivity index (χ4n) is 3.73. The van der Waals surface area contributed by atoms with Gasteiger partial charge in [-0.3, -0.25) is 0 Å². The molecule has 2 aromatic carbocycles. The van der Waals surface area contributed by atoms with Gasteiger partial charge in [0.1, 0.15) is 17.2 Å². The van der Waals surface area contributed by atoms with E-state index in [9.17, 15) is 0 Å². The zero-order chi connectivity index (χ0) is 18.4. The summed E-state index contributed by atoms with van der Waals surface area (Å²) in [6, 6.07) is 17.9. The van der Waals surface area contributed by atoms with Crippen LogP contribution in [0.15, 0.2) is 65.1 Å². The number of fused-ring (bicyclic) bond motifs is 3. The Morgan fingerprint density at radius 2 is 1.70 bits per heavy atom. The number of aromatic nitrogens is 3. The molecule has 0 N–H and O–H groups in total. The molecule has 5 rings (SSSR count). The number of hydrogen-bond donors (Lipinski definition) is 0. The largest absolute Gasteiger partial charge is 0.456 e. The Morgan fingerprint density at radius 3 is 2.56 bits per heavy atom. The molecule has 0 saturated heterocycles. The molecule has 0 fully saturated rings. The summed E-state index contributed by atoms with van der Waals surface area (Å²) >= 11 is 6.28. The average Bonchev–Trinajstić information content (AvgIpc) is 3.07. The van der Waals surface area contributed by atoms with Gasteiger partial charge in [0, 0.05) is 16.5 Å². The van der Waals surface area contributed by atoms with Crippen LogP contribution >= 0.6 is 11.6 Å². The van der Waals surface area contributed by atoms with Gasteiger partial charge in [0.2, 0.25) is 5.28 Å². The van der Waals surface area contributed by atoms with Crippen molar-refractivity contribution in [2.24, 2.45) is 5.92 Å². The zero-order valence-corrected chi connectivity index (χ0v) is 15.4. The molecule has 0 spiro atoms. The van der Waals surface area contributed by atoms with Crippen molar-refractivity contribution < 1.29 is 4.42 Å². The predicted octanol–water partition coefficient (Wildman–Crippen LogP) is 5.73. The van der Waals surface area contributed by atoms with Gasteiger partial charge in [-0.05, 0) is 29.7 Å². The molecule has 2 atom stereocenters. The maximum absolute atomic E-state index is 6.28. The summed E-state index contributed by atoms with van der Waals surface area (Å²) in [6.07, 6.45) is 4.17. The summed E-state index contributed by atoms with van der Waals surface area (Å²) in [6.45, 7) is 2.16. The smallest absolute Gasteiger partial charge is 0.226 e. The number of furan rings is 1. The SMILES string of the molecule is CC1C=Cc2oc3ccccc3c2C1c1nc(Cl)nc(-c2ccccc2)n1. The van der Waals surface area contributed by atoms with E-state index in [0.29, 0.717) is 11.6 Å². The average molecular weight is 374 g/mol. The van der Waals surface area contributed by atoms with Crippen LogP contribution in [0.5, 0.6) is 0 Å². The van der Waals surface area contributed by atoms with Gasteiger partial charge in [0.25, 0.3) is 0 Å². The summed E-state index contributed by atoms with van der Waals surface area (Å²) in [4.78, 5) is 13.6. The quantitative estimate of drug-likeness (QED) is 0.450. The molecule has 1 aliphatic carbocycles. The molecular weight excluding hydrogens is 358 g/mol. The molecule has 0 saturated carbocycles. The van der Waals surface area contributed by atoms with E-state index in [2.05, 4.69) is 29.0 Å². The molecule has 5 heteroatoms. The summed E-state index contributed by atoms with van der Waals surface area (Å²) in [5, 5.41) is 1.29. The minimum Gasteiger partial charge on any atom is -0.456 e. The van der Waals surface area contributed by atoms with Crippen molar-refractivity contribution in [1.82, 2.24) is 15.0 Å². The molecule has 0 radical (unpaired) electrons. The lowest BCUT2D eigenvalue weighted by Gasteiger charge is -2.24. The normalized spacial score (nSPS) is 18.6. The Morgan fingerprint density at radius 1 is 0.926 bits per heavy atom. The van der Waals surface area contributed by atoms with Crippen molar-refractivity contribution in [3.63, 3.8) is 0 Å². The number of benzene rings is 2. The van der Waals surface area contributed by atoms with Crippen molar-refractivity contribution in [3.05, 3.63) is 83.1 Å². The second kappa shape index (κ2) is 6.32. The Balaban J connectivity index is 1.71. The van der Waals surface area contributed by atoms with Crippen molar-refractivity contribution in [1.29, 1.82) is 0 Å². The molecule has 0 bridgehead atoms. The van der Waals surface area contributed by atoms with Gasteiger partial charge in [0.15, 0.2) is 5.82 Å². The number of allylic oxidation sites excluding steroid dienone is 1. The molecule has 2 unspecified atom stereocenters. The monoisotopic (exact) mass is 373 g/mol. The van der Waals surface area contributed by atoms with Crippen molar-refractivity contribution in [3.8, 4) is 11.4 Å². The summed E-state index contributed by atoms with van der Waals surface area (Å²) in [5.41, 5.74) is 2.90. The topological polar surface area (TPSA) is 51.8 Å². The summed E-state index contributed by atoms with van der Waals surface area (Å²) in [7, 11) is 0. The van der Waals surface area contributed by atoms with Crippen LogP contribution in [-0.4, -0.2) is 15.0 Å². The third-order valence-corrected chi connectivity index (χ3v) is 5.16. The molecule has 132 valence electrons. The molecule has 2 heterocycles. The predicted molar refractivity (Wildman–Crippen MR) is 107 cm³/mol. The second-order valence-electron chi connectivity index (χ2n) is 6.72. The number of hydrogen-bond acceptors (Lipinski definition) is 4. The summed E-state index contributed by atoms with van der Waals surface area (Å²) < 4.78 is 6.04. The minimum atomic E-state index is -0.0448. The van der Waals surface area contributed by atoms with Gasteiger partial charge in [-0.25, -0.2) is 9.97 Å². The molecule has 2 aromatic heterocycles. The van der Waals surface area contributed by atoms with Gasteiger partial charge in [0.05, 0.1) is 5.92 Å². The summed E-state index contributed by atoms with van der Waals surface area (Å²) in [5.74, 6) is 2.27. The fourth-order valence-corrected chi connectivity index (χ4v) is 3.89. The van der Waals surface area contributed by atoms with E-state index in [1.807, 2.05) is 54.6 Å². The first-order chi connectivity index (χ1) is 13.2. The molecule has 4 nitrogen and oxygen atoms in total. The van der Waals surface area contributed by atoms with Gasteiger partial charge in [-0.15, -0.1) is 0 Å². The highest BCUT2D eigenvalue weighted by Crippen LogP contribution is 2.43. The first-order valence-electron chi connectivity index (χ1n) is 8.87. The van der Waals surface area contributed by atoms with Gasteiger partial charge >= 0.3 is 0 Å². The van der Waals surface area contributed by atoms with E-state index in [0.717, 1.165) is 27.9 Å². The Bertz CT molecular complexity index is 1170. The molecule has 27 heavy (non-hydrogen) atoms. The van der Waals surface area contributed by atoms with Crippen molar-refractivity contribution in [2.75, 3.05) is 0 Å². The lowest BCUT2D eigenvalue weighted by molar-refractivity contribution is 0.545. The lowest BCUT2D eigenvalue weighted by atomic mass is 9.81. The van der Waals surface area contributed by atoms with Gasteiger partial charge < -0.3 is 4.42 Å². The van der Waals surface area contributed by atoms with Crippen LogP contribution in [0, 0.1) is 5.92 Å². The second-order valence-corrected chi connectivity index (χ2v) is 7.06. The lowest BCUT2D eigenvalue weighted by Crippen LogP contribution is -2.17. The van der Waals surface area contributed by atoms with Crippen molar-refractivity contribution >= 4 is 28.6 Å². The fraction of sp³-hybridized carbons (Fsp3) is 0.136. The Labute approximate surface area is 161 Å². The number of rotatable bonds is 2. The highest BCUT2D eigenvalue weighted by Gasteiger charge is 2.32. The molecular formula is C22H16ClN3O. The number of nitrogens with zero attached hydrogens (tertiary/aromatic N) is 3. The number of halogens is 1. The van der Waals surface area contributed by atoms with E-state index in [1.54, 1.807) is 0 Å². The van der Waals surface area contributed by atoms with Crippen LogP contribution in [0.4, 0.5) is 0 Å².